The van der Waals surface area contributed by atoms with Crippen LogP contribution in [0.4, 0.5) is 14.6 Å². The van der Waals surface area contributed by atoms with Crippen molar-refractivity contribution in [2.75, 3.05) is 32.6 Å². The molecule has 0 saturated carbocycles. The van der Waals surface area contributed by atoms with Crippen molar-refractivity contribution in [1.29, 1.82) is 0 Å². The van der Waals surface area contributed by atoms with E-state index in [1.807, 2.05) is 0 Å². The molecule has 2 N–H and O–H groups in total. The van der Waals surface area contributed by atoms with Gasteiger partial charge in [0.25, 0.3) is 0 Å². The second kappa shape index (κ2) is 10.1. The van der Waals surface area contributed by atoms with Crippen LogP contribution in [-0.2, 0) is 0 Å². The molecule has 0 spiro atoms. The summed E-state index contributed by atoms with van der Waals surface area (Å²) in [7, 11) is 3.20. The van der Waals surface area contributed by atoms with Gasteiger partial charge in [-0.25, -0.2) is 18.7 Å². The molecular weight excluding hydrogens is 476 g/mol. The van der Waals surface area contributed by atoms with Crippen LogP contribution in [0.15, 0.2) is 36.5 Å². The van der Waals surface area contributed by atoms with E-state index >= 15 is 0 Å². The number of alkyl halides is 1. The summed E-state index contributed by atoms with van der Waals surface area (Å²) in [4.78, 5) is 15.4. The van der Waals surface area contributed by atoms with Crippen LogP contribution in [0.5, 0.6) is 11.8 Å². The number of hydrogen-bond acceptors (Lipinski definition) is 7. The number of hydrogen-bond donors (Lipinski definition) is 2. The van der Waals surface area contributed by atoms with Gasteiger partial charge in [-0.05, 0) is 55.5 Å². The Morgan fingerprint density at radius 2 is 2.08 bits per heavy atom. The van der Waals surface area contributed by atoms with Crippen molar-refractivity contribution in [2.24, 2.45) is 0 Å². The van der Waals surface area contributed by atoms with Gasteiger partial charge in [0.05, 0.1) is 29.3 Å². The Morgan fingerprint density at radius 3 is 2.81 bits per heavy atom. The highest BCUT2D eigenvalue weighted by atomic mass is 19.1. The first-order valence-electron chi connectivity index (χ1n) is 12.1. The second-order valence-corrected chi connectivity index (χ2v) is 9.18. The lowest BCUT2D eigenvalue weighted by molar-refractivity contribution is 0.292. The van der Waals surface area contributed by atoms with Crippen LogP contribution < -0.4 is 10.1 Å². The van der Waals surface area contributed by atoms with Crippen molar-refractivity contribution in [3.05, 3.63) is 47.9 Å². The number of aromatic nitrogens is 3. The Kier molecular flexibility index (Phi) is 6.76. The molecule has 2 unspecified atom stereocenters. The molecule has 6 rings (SSSR count). The number of phenols is 1. The fourth-order valence-corrected chi connectivity index (χ4v) is 5.23. The smallest absolute Gasteiger partial charge is 0.316 e. The van der Waals surface area contributed by atoms with Gasteiger partial charge < -0.3 is 15.2 Å². The van der Waals surface area contributed by atoms with Crippen molar-refractivity contribution >= 4 is 27.5 Å². The Hall–Kier alpha value is -4.03. The van der Waals surface area contributed by atoms with Gasteiger partial charge in [-0.15, -0.1) is 6.42 Å². The number of nitrogens with one attached hydrogen (secondary N) is 1. The quantitative estimate of drug-likeness (QED) is 0.384. The predicted molar refractivity (Wildman–Crippen MR) is 140 cm³/mol. The van der Waals surface area contributed by atoms with Crippen LogP contribution in [0.3, 0.4) is 0 Å². The van der Waals surface area contributed by atoms with Crippen LogP contribution in [0.25, 0.3) is 32.9 Å². The number of ether oxygens (including phenoxy) is 1. The van der Waals surface area contributed by atoms with Crippen LogP contribution in [0.2, 0.25) is 0 Å². The van der Waals surface area contributed by atoms with Gasteiger partial charge in [-0.2, -0.15) is 4.98 Å². The minimum Gasteiger partial charge on any atom is -0.508 e. The maximum Gasteiger partial charge on any atom is 0.316 e. The summed E-state index contributed by atoms with van der Waals surface area (Å²) in [6.07, 6.45) is 9.98. The SMILES string of the molecule is C#Cc1c(F)ccc2cc(O)cc(-c3cc4nc(OC)ncc4c(NC)n3)c12.FC1CC2CCCN2C1. The Morgan fingerprint density at radius 1 is 1.24 bits per heavy atom. The van der Waals surface area contributed by atoms with Gasteiger partial charge in [-0.1, -0.05) is 12.0 Å². The molecule has 0 radical (unpaired) electrons. The van der Waals surface area contributed by atoms with Gasteiger partial charge in [-0.3, -0.25) is 4.90 Å². The molecule has 4 aromatic rings. The largest absolute Gasteiger partial charge is 0.508 e. The van der Waals surface area contributed by atoms with Crippen LogP contribution in [0, 0.1) is 18.2 Å². The first kappa shape index (κ1) is 24.7. The van der Waals surface area contributed by atoms with Crippen molar-refractivity contribution in [3.63, 3.8) is 0 Å². The fourth-order valence-electron chi connectivity index (χ4n) is 5.23. The van der Waals surface area contributed by atoms with E-state index in [4.69, 9.17) is 11.2 Å². The maximum atomic E-state index is 14.3. The topological polar surface area (TPSA) is 83.4 Å². The summed E-state index contributed by atoms with van der Waals surface area (Å²) in [6.45, 7) is 1.86. The summed E-state index contributed by atoms with van der Waals surface area (Å²) in [5.41, 5.74) is 1.66. The van der Waals surface area contributed by atoms with E-state index in [9.17, 15) is 13.9 Å². The minimum atomic E-state index is -0.518. The van der Waals surface area contributed by atoms with Crippen molar-refractivity contribution in [2.45, 2.75) is 31.5 Å². The van der Waals surface area contributed by atoms with E-state index in [1.54, 1.807) is 25.4 Å². The highest BCUT2D eigenvalue weighted by Gasteiger charge is 2.34. The lowest BCUT2D eigenvalue weighted by Gasteiger charge is -2.13. The zero-order chi connectivity index (χ0) is 26.1. The highest BCUT2D eigenvalue weighted by Crippen LogP contribution is 2.37. The predicted octanol–water partition coefficient (Wildman–Crippen LogP) is 4.91. The van der Waals surface area contributed by atoms with Crippen molar-refractivity contribution in [3.8, 4) is 35.4 Å². The number of aromatic hydroxyl groups is 1. The Balaban J connectivity index is 0.000000260. The zero-order valence-electron chi connectivity index (χ0n) is 20.6. The molecule has 2 aliphatic rings. The molecule has 2 fully saturated rings. The van der Waals surface area contributed by atoms with Gasteiger partial charge in [0.2, 0.25) is 0 Å². The van der Waals surface area contributed by atoms with Gasteiger partial charge in [0, 0.05) is 36.8 Å². The minimum absolute atomic E-state index is 0.0188. The number of pyridine rings is 1. The molecule has 0 bridgehead atoms. The average molecular weight is 504 g/mol. The molecule has 4 heterocycles. The third-order valence-corrected chi connectivity index (χ3v) is 6.91. The number of fused-ring (bicyclic) bond motifs is 3. The summed E-state index contributed by atoms with van der Waals surface area (Å²) < 4.78 is 32.0. The molecule has 0 aliphatic carbocycles. The van der Waals surface area contributed by atoms with E-state index in [2.05, 4.69) is 31.1 Å². The van der Waals surface area contributed by atoms with Gasteiger partial charge in [0.1, 0.15) is 23.6 Å². The summed E-state index contributed by atoms with van der Waals surface area (Å²) in [5, 5.41) is 15.0. The number of benzene rings is 2. The highest BCUT2D eigenvalue weighted by molar-refractivity contribution is 6.03. The van der Waals surface area contributed by atoms with E-state index in [-0.39, 0.29) is 17.3 Å². The lowest BCUT2D eigenvalue weighted by atomic mass is 9.96. The molecule has 0 amide bonds. The molecule has 2 saturated heterocycles. The van der Waals surface area contributed by atoms with E-state index in [0.29, 0.717) is 51.3 Å². The normalized spacial score (nSPS) is 18.8. The van der Waals surface area contributed by atoms with Crippen LogP contribution in [0.1, 0.15) is 24.8 Å². The summed E-state index contributed by atoms with van der Waals surface area (Å²) in [5.74, 6) is 2.44. The first-order valence-corrected chi connectivity index (χ1v) is 12.1. The number of rotatable bonds is 3. The molecule has 2 aliphatic heterocycles. The number of nitrogens with zero attached hydrogens (tertiary/aromatic N) is 4. The molecule has 2 aromatic heterocycles. The lowest BCUT2D eigenvalue weighted by Crippen LogP contribution is -2.22. The summed E-state index contributed by atoms with van der Waals surface area (Å²) >= 11 is 0. The molecule has 2 atom stereocenters. The summed E-state index contributed by atoms with van der Waals surface area (Å²) in [6, 6.07) is 8.44. The molecule has 9 heteroatoms. The molecule has 7 nitrogen and oxygen atoms in total. The standard InChI is InChI=1S/C21H15FN4O2.C7H12FN/c1-4-13-16(22)6-5-11-7-12(27)8-14(19(11)13)17-9-18-15(20(23-2)25-17)10-24-21(26-18)28-3;8-6-4-7-2-1-3-9(7)5-6/h1,5-10,27H,2-3H3,(H,23,25);6-7H,1-5H2. The third-order valence-electron chi connectivity index (χ3n) is 6.91. The second-order valence-electron chi connectivity index (χ2n) is 9.18. The number of phenolic OH excluding ortho intramolecular Hbond substituents is 1. The number of methoxy groups -OCH3 is 1. The first-order chi connectivity index (χ1) is 17.9. The number of terminal acetylenes is 1. The number of halogens is 2. The Labute approximate surface area is 213 Å². The average Bonchev–Trinajstić information content (AvgIpc) is 3.48. The third kappa shape index (κ3) is 4.72. The van der Waals surface area contributed by atoms with Crippen LogP contribution >= 0.6 is 0 Å². The van der Waals surface area contributed by atoms with Crippen molar-refractivity contribution in [1.82, 2.24) is 19.9 Å². The van der Waals surface area contributed by atoms with E-state index in [1.165, 1.54) is 38.2 Å². The van der Waals surface area contributed by atoms with Gasteiger partial charge >= 0.3 is 6.01 Å². The number of anilines is 1. The van der Waals surface area contributed by atoms with E-state index in [0.717, 1.165) is 13.0 Å². The molecule has 190 valence electrons. The zero-order valence-corrected chi connectivity index (χ0v) is 20.6. The fraction of sp³-hybridized carbons (Fsp3) is 0.321. The van der Waals surface area contributed by atoms with E-state index < -0.39 is 12.0 Å². The Bertz CT molecular complexity index is 1510. The van der Waals surface area contributed by atoms with Crippen molar-refractivity contribution < 1.29 is 18.6 Å². The van der Waals surface area contributed by atoms with Gasteiger partial charge in [0.15, 0.2) is 0 Å². The molecular formula is C28H27F2N5O2. The monoisotopic (exact) mass is 503 g/mol. The maximum absolute atomic E-state index is 14.3. The van der Waals surface area contributed by atoms with Crippen LogP contribution in [-0.4, -0.2) is 64.4 Å². The molecule has 2 aromatic carbocycles. The molecule has 37 heavy (non-hydrogen) atoms.